The Morgan fingerprint density at radius 2 is 1.94 bits per heavy atom. The van der Waals surface area contributed by atoms with Gasteiger partial charge in [-0.15, -0.1) is 0 Å². The lowest BCUT2D eigenvalue weighted by molar-refractivity contribution is -0.116. The zero-order valence-corrected chi connectivity index (χ0v) is 10.2. The van der Waals surface area contributed by atoms with Gasteiger partial charge in [-0.2, -0.15) is 0 Å². The number of ether oxygens (including phenoxy) is 2. The van der Waals surface area contributed by atoms with Crippen LogP contribution in [0.1, 0.15) is 51.4 Å². The van der Waals surface area contributed by atoms with Crippen LogP contribution >= 0.6 is 0 Å². The van der Waals surface area contributed by atoms with E-state index in [1.807, 2.05) is 0 Å². The van der Waals surface area contributed by atoms with E-state index in [2.05, 4.69) is 0 Å². The summed E-state index contributed by atoms with van der Waals surface area (Å²) in [6.45, 7) is 2.32. The van der Waals surface area contributed by atoms with Crippen molar-refractivity contribution in [2.45, 2.75) is 63.1 Å². The third kappa shape index (κ3) is 3.19. The number of hydrogen-bond acceptors (Lipinski definition) is 3. The van der Waals surface area contributed by atoms with Crippen molar-refractivity contribution in [3.8, 4) is 0 Å². The van der Waals surface area contributed by atoms with Gasteiger partial charge in [0.15, 0.2) is 0 Å². The fraction of sp³-hybridized carbons (Fsp3) is 1.00. The molecule has 1 aliphatic heterocycles. The average Bonchev–Trinajstić information content (AvgIpc) is 2.39. The molecular formula is C13H25NO2. The molecule has 3 heteroatoms. The molecule has 0 aromatic rings. The van der Waals surface area contributed by atoms with Gasteiger partial charge in [-0.05, 0) is 32.1 Å². The van der Waals surface area contributed by atoms with Crippen LogP contribution in [-0.2, 0) is 9.47 Å². The minimum Gasteiger partial charge on any atom is -0.376 e. The van der Waals surface area contributed by atoms with E-state index in [1.54, 1.807) is 0 Å². The topological polar surface area (TPSA) is 44.5 Å². The summed E-state index contributed by atoms with van der Waals surface area (Å²) >= 11 is 0. The van der Waals surface area contributed by atoms with E-state index in [0.29, 0.717) is 12.6 Å². The highest BCUT2D eigenvalue weighted by Crippen LogP contribution is 2.31. The van der Waals surface area contributed by atoms with E-state index < -0.39 is 0 Å². The zero-order valence-electron chi connectivity index (χ0n) is 10.2. The maximum Gasteiger partial charge on any atom is 0.0808 e. The Morgan fingerprint density at radius 1 is 1.12 bits per heavy atom. The summed E-state index contributed by atoms with van der Waals surface area (Å²) in [6, 6.07) is 0. The van der Waals surface area contributed by atoms with Gasteiger partial charge in [0.25, 0.3) is 0 Å². The van der Waals surface area contributed by atoms with Crippen LogP contribution in [0.15, 0.2) is 0 Å². The predicted octanol–water partition coefficient (Wildman–Crippen LogP) is 2.23. The normalized spacial score (nSPS) is 30.2. The fourth-order valence-electron chi connectivity index (χ4n) is 2.81. The highest BCUT2D eigenvalue weighted by Gasteiger charge is 2.32. The van der Waals surface area contributed by atoms with Gasteiger partial charge in [-0.25, -0.2) is 0 Å². The number of rotatable bonds is 4. The van der Waals surface area contributed by atoms with Crippen molar-refractivity contribution in [2.24, 2.45) is 5.73 Å². The molecule has 0 bridgehead atoms. The van der Waals surface area contributed by atoms with Crippen molar-refractivity contribution in [1.29, 1.82) is 0 Å². The molecule has 0 amide bonds. The molecule has 2 rings (SSSR count). The predicted molar refractivity (Wildman–Crippen MR) is 64.4 cm³/mol. The monoisotopic (exact) mass is 227 g/mol. The lowest BCUT2D eigenvalue weighted by Gasteiger charge is -2.37. The fourth-order valence-corrected chi connectivity index (χ4v) is 2.81. The summed E-state index contributed by atoms with van der Waals surface area (Å²) in [4.78, 5) is 0. The molecule has 1 unspecified atom stereocenters. The summed E-state index contributed by atoms with van der Waals surface area (Å²) in [7, 11) is 0. The van der Waals surface area contributed by atoms with Gasteiger partial charge < -0.3 is 15.2 Å². The van der Waals surface area contributed by atoms with Gasteiger partial charge in [-0.1, -0.05) is 19.3 Å². The maximum atomic E-state index is 6.11. The van der Waals surface area contributed by atoms with Gasteiger partial charge in [0.05, 0.1) is 18.3 Å². The number of nitrogens with two attached hydrogens (primary N) is 1. The van der Waals surface area contributed by atoms with Gasteiger partial charge in [0.1, 0.15) is 0 Å². The minimum atomic E-state index is -0.0287. The summed E-state index contributed by atoms with van der Waals surface area (Å²) in [5, 5.41) is 0. The maximum absolute atomic E-state index is 6.11. The standard InChI is InChI=1S/C13H25NO2/c14-11-13(7-3-1-4-8-13)16-10-12-6-2-5-9-15-12/h12H,1-11,14H2. The Balaban J connectivity index is 1.77. The molecule has 1 heterocycles. The van der Waals surface area contributed by atoms with Crippen LogP contribution < -0.4 is 5.73 Å². The van der Waals surface area contributed by atoms with E-state index in [0.717, 1.165) is 32.5 Å². The highest BCUT2D eigenvalue weighted by molar-refractivity contribution is 4.86. The molecule has 1 atom stereocenters. The van der Waals surface area contributed by atoms with Gasteiger partial charge in [-0.3, -0.25) is 0 Å². The molecule has 3 nitrogen and oxygen atoms in total. The van der Waals surface area contributed by atoms with E-state index >= 15 is 0 Å². The van der Waals surface area contributed by atoms with Crippen LogP contribution in [-0.4, -0.2) is 31.5 Å². The Bertz CT molecular complexity index is 196. The summed E-state index contributed by atoms with van der Waals surface area (Å²) in [5.41, 5.74) is 5.86. The Hall–Kier alpha value is -0.120. The highest BCUT2D eigenvalue weighted by atomic mass is 16.5. The van der Waals surface area contributed by atoms with E-state index in [4.69, 9.17) is 15.2 Å². The van der Waals surface area contributed by atoms with Crippen molar-refractivity contribution < 1.29 is 9.47 Å². The minimum absolute atomic E-state index is 0.0287. The molecular weight excluding hydrogens is 202 g/mol. The lowest BCUT2D eigenvalue weighted by Crippen LogP contribution is -2.44. The Kier molecular flexibility index (Phi) is 4.62. The third-order valence-corrected chi connectivity index (χ3v) is 3.99. The van der Waals surface area contributed by atoms with Crippen LogP contribution in [0.4, 0.5) is 0 Å². The largest absolute Gasteiger partial charge is 0.376 e. The van der Waals surface area contributed by atoms with Crippen LogP contribution in [0.3, 0.4) is 0 Å². The average molecular weight is 227 g/mol. The summed E-state index contributed by atoms with van der Waals surface area (Å²) in [6.07, 6.45) is 10.1. The van der Waals surface area contributed by atoms with Gasteiger partial charge >= 0.3 is 0 Å². The quantitative estimate of drug-likeness (QED) is 0.801. The molecule has 0 aromatic carbocycles. The van der Waals surface area contributed by atoms with Crippen molar-refractivity contribution in [2.75, 3.05) is 19.8 Å². The third-order valence-electron chi connectivity index (χ3n) is 3.99. The second kappa shape index (κ2) is 5.99. The molecule has 0 aromatic heterocycles. The molecule has 0 spiro atoms. The first kappa shape index (κ1) is 12.3. The van der Waals surface area contributed by atoms with E-state index in [-0.39, 0.29) is 5.60 Å². The lowest BCUT2D eigenvalue weighted by atomic mass is 9.84. The molecule has 1 aliphatic carbocycles. The molecule has 1 saturated heterocycles. The van der Waals surface area contributed by atoms with E-state index in [1.165, 1.54) is 32.1 Å². The van der Waals surface area contributed by atoms with Crippen LogP contribution in [0.25, 0.3) is 0 Å². The smallest absolute Gasteiger partial charge is 0.0808 e. The molecule has 1 saturated carbocycles. The summed E-state index contributed by atoms with van der Waals surface area (Å²) in [5.74, 6) is 0. The molecule has 2 N–H and O–H groups in total. The van der Waals surface area contributed by atoms with E-state index in [9.17, 15) is 0 Å². The molecule has 0 radical (unpaired) electrons. The zero-order chi connectivity index (χ0) is 11.3. The first-order valence-electron chi connectivity index (χ1n) is 6.80. The number of hydrogen-bond donors (Lipinski definition) is 1. The van der Waals surface area contributed by atoms with Crippen molar-refractivity contribution in [1.82, 2.24) is 0 Å². The van der Waals surface area contributed by atoms with Crippen LogP contribution in [0.2, 0.25) is 0 Å². The van der Waals surface area contributed by atoms with Crippen molar-refractivity contribution in [3.05, 3.63) is 0 Å². The molecule has 94 valence electrons. The molecule has 2 aliphatic rings. The van der Waals surface area contributed by atoms with Crippen LogP contribution in [0, 0.1) is 0 Å². The van der Waals surface area contributed by atoms with Crippen molar-refractivity contribution in [3.63, 3.8) is 0 Å². The first-order valence-corrected chi connectivity index (χ1v) is 6.80. The van der Waals surface area contributed by atoms with Gasteiger partial charge in [0.2, 0.25) is 0 Å². The second-order valence-electron chi connectivity index (χ2n) is 5.25. The molecule has 2 fully saturated rings. The summed E-state index contributed by atoms with van der Waals surface area (Å²) < 4.78 is 11.8. The first-order chi connectivity index (χ1) is 7.85. The second-order valence-corrected chi connectivity index (χ2v) is 5.25. The van der Waals surface area contributed by atoms with Gasteiger partial charge in [0, 0.05) is 13.2 Å². The van der Waals surface area contributed by atoms with Crippen LogP contribution in [0.5, 0.6) is 0 Å². The Labute approximate surface area is 98.7 Å². The SMILES string of the molecule is NCC1(OCC2CCCCO2)CCCCC1. The Morgan fingerprint density at radius 3 is 2.56 bits per heavy atom. The molecule has 16 heavy (non-hydrogen) atoms. The van der Waals surface area contributed by atoms with Crippen molar-refractivity contribution >= 4 is 0 Å².